The van der Waals surface area contributed by atoms with E-state index >= 15 is 0 Å². The summed E-state index contributed by atoms with van der Waals surface area (Å²) in [5, 5.41) is 21.8. The first-order valence-electron chi connectivity index (χ1n) is 19.6. The number of nitrogens with one attached hydrogen (secondary N) is 2. The second kappa shape index (κ2) is 20.2. The van der Waals surface area contributed by atoms with Crippen LogP contribution < -0.4 is 10.8 Å². The van der Waals surface area contributed by atoms with E-state index in [9.17, 15) is 14.7 Å². The van der Waals surface area contributed by atoms with Crippen LogP contribution in [0.4, 0.5) is 0 Å². The number of rotatable bonds is 17. The number of aromatic nitrogens is 1. The number of carbonyl (C=O) groups excluding carboxylic acids is 2. The van der Waals surface area contributed by atoms with Crippen molar-refractivity contribution < 1.29 is 33.8 Å². The first-order valence-corrected chi connectivity index (χ1v) is 20.6. The first kappa shape index (κ1) is 40.6. The van der Waals surface area contributed by atoms with Gasteiger partial charge in [0.2, 0.25) is 11.8 Å². The molecule has 1 fully saturated rings. The molecule has 7 rings (SSSR count). The van der Waals surface area contributed by atoms with Crippen molar-refractivity contribution in [1.82, 2.24) is 15.8 Å². The van der Waals surface area contributed by atoms with Crippen LogP contribution in [0.2, 0.25) is 0 Å². The summed E-state index contributed by atoms with van der Waals surface area (Å²) < 4.78 is 19.7. The fourth-order valence-corrected chi connectivity index (χ4v) is 7.75. The maximum atomic E-state index is 12.4. The number of oxazole rings is 1. The van der Waals surface area contributed by atoms with Crippen molar-refractivity contribution in [3.05, 3.63) is 156 Å². The summed E-state index contributed by atoms with van der Waals surface area (Å²) in [4.78, 5) is 28.5. The van der Waals surface area contributed by atoms with Gasteiger partial charge in [0, 0.05) is 48.3 Å². The Morgan fingerprint density at radius 2 is 1.36 bits per heavy atom. The van der Waals surface area contributed by atoms with Crippen LogP contribution in [0.3, 0.4) is 0 Å². The number of benzene rings is 5. The highest BCUT2D eigenvalue weighted by Gasteiger charge is 2.33. The van der Waals surface area contributed by atoms with Crippen LogP contribution in [0.1, 0.15) is 73.2 Å². The maximum absolute atomic E-state index is 12.4. The highest BCUT2D eigenvalue weighted by atomic mass is 32.2. The van der Waals surface area contributed by atoms with Crippen molar-refractivity contribution in [2.24, 2.45) is 0 Å². The average Bonchev–Trinajstić information content (AvgIpc) is 3.72. The van der Waals surface area contributed by atoms with E-state index < -0.39 is 12.2 Å². The monoisotopic (exact) mass is 797 g/mol. The Balaban J connectivity index is 1.02. The van der Waals surface area contributed by atoms with Gasteiger partial charge in [0.15, 0.2) is 12.1 Å². The second-order valence-corrected chi connectivity index (χ2v) is 15.2. The number of amides is 2. The van der Waals surface area contributed by atoms with Gasteiger partial charge in [0.1, 0.15) is 5.69 Å². The zero-order chi connectivity index (χ0) is 40.1. The minimum atomic E-state index is -0.617. The van der Waals surface area contributed by atoms with Gasteiger partial charge < -0.3 is 24.3 Å². The van der Waals surface area contributed by atoms with Crippen molar-refractivity contribution in [3.8, 4) is 33.7 Å². The van der Waals surface area contributed by atoms with Gasteiger partial charge >= 0.3 is 0 Å². The van der Waals surface area contributed by atoms with E-state index in [0.29, 0.717) is 43.2 Å². The van der Waals surface area contributed by atoms with Crippen LogP contribution in [0, 0.1) is 0 Å². The molecule has 1 aliphatic rings. The molecule has 0 aliphatic carbocycles. The molecule has 2 heterocycles. The largest absolute Gasteiger partial charge is 0.431 e. The number of unbranched alkanes of at least 4 members (excludes halogenated alkanes) is 2. The Morgan fingerprint density at radius 3 is 2.07 bits per heavy atom. The molecule has 10 nitrogen and oxygen atoms in total. The third-order valence-corrected chi connectivity index (χ3v) is 11.0. The summed E-state index contributed by atoms with van der Waals surface area (Å²) in [5.41, 5.74) is 10.2. The lowest BCUT2D eigenvalue weighted by Gasteiger charge is -2.36. The Bertz CT molecular complexity index is 2170. The molecular formula is C47H47N3O7S. The highest BCUT2D eigenvalue weighted by Crippen LogP contribution is 2.41. The molecule has 298 valence electrons. The number of thioether (sulfide) groups is 1. The van der Waals surface area contributed by atoms with Crippen LogP contribution in [0.25, 0.3) is 33.7 Å². The molecule has 58 heavy (non-hydrogen) atoms. The molecule has 0 saturated carbocycles. The van der Waals surface area contributed by atoms with Gasteiger partial charge in [-0.05, 0) is 46.7 Å². The standard InChI is InChI=1S/C47H47N3O7S/c51-30-32-19-21-35(22-20-32)41-28-40(31-58-47-49-44(36-12-4-1-5-13-36)45(57-47)37-14-6-2-7-15-37)55-46(56-41)38-25-23-34(24-26-38)39-16-10-11-33(27-39)29-48-42(52)17-8-3-9-18-43(53)50-54/h1-2,4-7,10-16,19-27,40-41,46,51,54H,3,8-9,17-18,28-31H2,(H,48,52)(H,50,53). The zero-order valence-corrected chi connectivity index (χ0v) is 32.9. The number of hydroxylamine groups is 1. The number of nitrogens with zero attached hydrogens (tertiary/aromatic N) is 1. The molecule has 1 saturated heterocycles. The van der Waals surface area contributed by atoms with Gasteiger partial charge in [-0.1, -0.05) is 146 Å². The lowest BCUT2D eigenvalue weighted by Crippen LogP contribution is -2.31. The van der Waals surface area contributed by atoms with Gasteiger partial charge in [-0.3, -0.25) is 14.8 Å². The van der Waals surface area contributed by atoms with Crippen LogP contribution in [0.5, 0.6) is 0 Å². The van der Waals surface area contributed by atoms with E-state index in [1.54, 1.807) is 5.48 Å². The molecule has 5 aromatic carbocycles. The average molecular weight is 798 g/mol. The van der Waals surface area contributed by atoms with Crippen LogP contribution >= 0.6 is 11.8 Å². The lowest BCUT2D eigenvalue weighted by atomic mass is 9.99. The number of hydrogen-bond donors (Lipinski definition) is 4. The minimum Gasteiger partial charge on any atom is -0.431 e. The second-order valence-electron chi connectivity index (χ2n) is 14.2. The molecule has 4 N–H and O–H groups in total. The van der Waals surface area contributed by atoms with Crippen LogP contribution in [-0.2, 0) is 32.2 Å². The van der Waals surface area contributed by atoms with Gasteiger partial charge in [-0.15, -0.1) is 0 Å². The van der Waals surface area contributed by atoms with Gasteiger partial charge in [0.25, 0.3) is 5.22 Å². The van der Waals surface area contributed by atoms with Crippen LogP contribution in [0.15, 0.2) is 143 Å². The topological polar surface area (TPSA) is 143 Å². The van der Waals surface area contributed by atoms with E-state index in [1.807, 2.05) is 115 Å². The molecular weight excluding hydrogens is 751 g/mol. The summed E-state index contributed by atoms with van der Waals surface area (Å²) in [5.74, 6) is 0.873. The molecule has 0 radical (unpaired) electrons. The number of aliphatic hydroxyl groups excluding tert-OH is 1. The summed E-state index contributed by atoms with van der Waals surface area (Å²) >= 11 is 1.53. The number of aliphatic hydroxyl groups is 1. The van der Waals surface area contributed by atoms with E-state index in [1.165, 1.54) is 11.8 Å². The van der Waals surface area contributed by atoms with Crippen molar-refractivity contribution in [1.29, 1.82) is 0 Å². The quantitative estimate of drug-likeness (QED) is 0.0307. The molecule has 0 bridgehead atoms. The van der Waals surface area contributed by atoms with Gasteiger partial charge in [0.05, 0.1) is 18.8 Å². The molecule has 1 aliphatic heterocycles. The fourth-order valence-electron chi connectivity index (χ4n) is 6.91. The molecule has 0 spiro atoms. The summed E-state index contributed by atoms with van der Waals surface area (Å²) in [6.07, 6.45) is 2.24. The van der Waals surface area contributed by atoms with Crippen molar-refractivity contribution in [3.63, 3.8) is 0 Å². The zero-order valence-electron chi connectivity index (χ0n) is 32.1. The van der Waals surface area contributed by atoms with Crippen molar-refractivity contribution in [2.75, 3.05) is 5.75 Å². The van der Waals surface area contributed by atoms with E-state index in [-0.39, 0.29) is 31.1 Å². The smallest absolute Gasteiger partial charge is 0.256 e. The molecule has 11 heteroatoms. The number of ether oxygens (including phenoxy) is 2. The van der Waals surface area contributed by atoms with E-state index in [0.717, 1.165) is 62.4 Å². The minimum absolute atomic E-state index is 0.0245. The normalized spacial score (nSPS) is 16.5. The SMILES string of the molecule is O=C(CCCCCC(=O)NCc1cccc(-c2ccc(C3OC(CSc4nc(-c5ccccc5)c(-c5ccccc5)o4)CC(c4ccc(CO)cc4)O3)cc2)c1)NO. The fraction of sp³-hybridized carbons (Fsp3) is 0.255. The van der Waals surface area contributed by atoms with E-state index in [4.69, 9.17) is 24.1 Å². The summed E-state index contributed by atoms with van der Waals surface area (Å²) in [6, 6.07) is 44.2. The Hall–Kier alpha value is -5.56. The Kier molecular flexibility index (Phi) is 14.2. The number of carbonyl (C=O) groups is 2. The van der Waals surface area contributed by atoms with E-state index in [2.05, 4.69) is 23.5 Å². The molecule has 6 aromatic rings. The summed E-state index contributed by atoms with van der Waals surface area (Å²) in [7, 11) is 0. The maximum Gasteiger partial charge on any atom is 0.256 e. The molecule has 3 unspecified atom stereocenters. The highest BCUT2D eigenvalue weighted by molar-refractivity contribution is 7.99. The van der Waals surface area contributed by atoms with Crippen LogP contribution in [-0.4, -0.2) is 39.0 Å². The Labute approximate surface area is 342 Å². The molecule has 3 atom stereocenters. The third-order valence-electron chi connectivity index (χ3n) is 10.1. The molecule has 2 amide bonds. The molecule has 1 aromatic heterocycles. The Morgan fingerprint density at radius 1 is 0.690 bits per heavy atom. The summed E-state index contributed by atoms with van der Waals surface area (Å²) in [6.45, 7) is 0.388. The predicted molar refractivity (Wildman–Crippen MR) is 223 cm³/mol. The van der Waals surface area contributed by atoms with Gasteiger partial charge in [-0.25, -0.2) is 10.5 Å². The lowest BCUT2D eigenvalue weighted by molar-refractivity contribution is -0.245. The van der Waals surface area contributed by atoms with Crippen molar-refractivity contribution >= 4 is 23.6 Å². The van der Waals surface area contributed by atoms with Crippen molar-refractivity contribution in [2.45, 2.75) is 75.4 Å². The number of hydrogen-bond acceptors (Lipinski definition) is 9. The third kappa shape index (κ3) is 10.9. The van der Waals surface area contributed by atoms with Gasteiger partial charge in [-0.2, -0.15) is 0 Å². The first-order chi connectivity index (χ1) is 28.4. The predicted octanol–water partition coefficient (Wildman–Crippen LogP) is 9.58.